The zero-order chi connectivity index (χ0) is 22.8. The smallest absolute Gasteiger partial charge is 0.115 e. The summed E-state index contributed by atoms with van der Waals surface area (Å²) in [4.78, 5) is 16.1. The van der Waals surface area contributed by atoms with Gasteiger partial charge in [-0.15, -0.1) is 0 Å². The van der Waals surface area contributed by atoms with Crippen LogP contribution in [0.3, 0.4) is 0 Å². The number of rotatable bonds is 0. The molecule has 4 nitrogen and oxygen atoms in total. The Bertz CT molecular complexity index is 708. The molecule has 0 spiro atoms. The average molecular weight is 407 g/mol. The zero-order valence-corrected chi connectivity index (χ0v) is 20.1. The average Bonchev–Trinajstić information content (AvgIpc) is 2.69. The molecule has 0 saturated heterocycles. The minimum absolute atomic E-state index is 0.168. The molecule has 0 N–H and O–H groups in total. The number of hydrogen-bond donors (Lipinski definition) is 0. The van der Waals surface area contributed by atoms with Crippen molar-refractivity contribution >= 4 is 0 Å². The summed E-state index contributed by atoms with van der Waals surface area (Å²) in [5, 5.41) is 0. The Morgan fingerprint density at radius 2 is 1.07 bits per heavy atom. The third-order valence-corrected chi connectivity index (χ3v) is 4.41. The summed E-state index contributed by atoms with van der Waals surface area (Å²) in [6.07, 6.45) is 10.8. The first-order valence-corrected chi connectivity index (χ1v) is 10.4. The van der Waals surface area contributed by atoms with Crippen molar-refractivity contribution in [3.63, 3.8) is 0 Å². The fraction of sp³-hybridized carbons (Fsp3) is 0.462. The molecule has 4 heteroatoms. The number of aromatic nitrogens is 4. The molecule has 3 aromatic heterocycles. The van der Waals surface area contributed by atoms with Gasteiger partial charge in [-0.3, -0.25) is 9.97 Å². The Hall–Kier alpha value is -2.62. The van der Waals surface area contributed by atoms with E-state index in [4.69, 9.17) is 0 Å². The maximum atomic E-state index is 4.25. The van der Waals surface area contributed by atoms with Crippen LogP contribution < -0.4 is 0 Å². The molecule has 3 aromatic rings. The third-order valence-electron chi connectivity index (χ3n) is 4.41. The maximum absolute atomic E-state index is 4.25. The van der Waals surface area contributed by atoms with Crippen LogP contribution in [0.25, 0.3) is 0 Å². The summed E-state index contributed by atoms with van der Waals surface area (Å²) >= 11 is 0. The van der Waals surface area contributed by atoms with E-state index >= 15 is 0 Å². The highest BCUT2D eigenvalue weighted by atomic mass is 14.8. The van der Waals surface area contributed by atoms with Crippen LogP contribution in [0.15, 0.2) is 67.6 Å². The standard InChI is InChI=1S/2C9H13N.C8H12N2/c1-9(2,3)8-4-6-10-7-5-8;1-9(2,3)8-6-4-5-7-10-8;1-8(2,3)7-4-9-6-10-5-7/h2*4-7H,1-3H3;4-6H,1-3H3. The highest BCUT2D eigenvalue weighted by molar-refractivity contribution is 5.18. The molecule has 3 heterocycles. The van der Waals surface area contributed by atoms with Gasteiger partial charge in [-0.25, -0.2) is 9.97 Å². The second-order valence-electron chi connectivity index (χ2n) is 10.3. The molecule has 0 unspecified atom stereocenters. The normalized spacial score (nSPS) is 11.5. The van der Waals surface area contributed by atoms with E-state index in [2.05, 4.69) is 100 Å². The molecule has 0 amide bonds. The highest BCUT2D eigenvalue weighted by Crippen LogP contribution is 2.20. The molecule has 0 saturated carbocycles. The fourth-order valence-corrected chi connectivity index (χ4v) is 2.34. The Labute approximate surface area is 183 Å². The van der Waals surface area contributed by atoms with E-state index in [-0.39, 0.29) is 16.2 Å². The molecule has 0 atom stereocenters. The van der Waals surface area contributed by atoms with Crippen LogP contribution in [0, 0.1) is 0 Å². The van der Waals surface area contributed by atoms with Crippen LogP contribution in [0.2, 0.25) is 0 Å². The molecule has 0 aliphatic rings. The van der Waals surface area contributed by atoms with Gasteiger partial charge in [0.15, 0.2) is 0 Å². The quantitative estimate of drug-likeness (QED) is 0.426. The minimum Gasteiger partial charge on any atom is -0.265 e. The maximum Gasteiger partial charge on any atom is 0.115 e. The van der Waals surface area contributed by atoms with Crippen molar-refractivity contribution in [1.29, 1.82) is 0 Å². The first kappa shape index (κ1) is 25.4. The van der Waals surface area contributed by atoms with Crippen molar-refractivity contribution < 1.29 is 0 Å². The lowest BCUT2D eigenvalue weighted by atomic mass is 9.88. The van der Waals surface area contributed by atoms with E-state index in [1.807, 2.05) is 43.1 Å². The van der Waals surface area contributed by atoms with Crippen LogP contribution >= 0.6 is 0 Å². The van der Waals surface area contributed by atoms with Crippen LogP contribution in [-0.2, 0) is 16.2 Å². The lowest BCUT2D eigenvalue weighted by Crippen LogP contribution is -2.12. The Morgan fingerprint density at radius 1 is 0.533 bits per heavy atom. The highest BCUT2D eigenvalue weighted by Gasteiger charge is 2.14. The summed E-state index contributed by atoms with van der Waals surface area (Å²) in [6, 6.07) is 10.1. The van der Waals surface area contributed by atoms with Gasteiger partial charge in [0.1, 0.15) is 6.33 Å². The van der Waals surface area contributed by atoms with Gasteiger partial charge in [0.2, 0.25) is 0 Å². The van der Waals surface area contributed by atoms with E-state index in [0.717, 1.165) is 5.69 Å². The number of pyridine rings is 2. The fourth-order valence-electron chi connectivity index (χ4n) is 2.34. The van der Waals surface area contributed by atoms with Crippen molar-refractivity contribution in [1.82, 2.24) is 19.9 Å². The lowest BCUT2D eigenvalue weighted by molar-refractivity contribution is 0.569. The Morgan fingerprint density at radius 3 is 1.37 bits per heavy atom. The van der Waals surface area contributed by atoms with Crippen molar-refractivity contribution in [2.24, 2.45) is 0 Å². The van der Waals surface area contributed by atoms with E-state index in [1.165, 1.54) is 11.1 Å². The first-order chi connectivity index (χ1) is 13.8. The molecule has 0 radical (unpaired) electrons. The van der Waals surface area contributed by atoms with Crippen LogP contribution in [-0.4, -0.2) is 19.9 Å². The lowest BCUT2D eigenvalue weighted by Gasteiger charge is -2.17. The summed E-state index contributed by atoms with van der Waals surface area (Å²) in [7, 11) is 0. The van der Waals surface area contributed by atoms with Gasteiger partial charge < -0.3 is 0 Å². The molecule has 162 valence electrons. The van der Waals surface area contributed by atoms with E-state index in [9.17, 15) is 0 Å². The van der Waals surface area contributed by atoms with E-state index < -0.39 is 0 Å². The second-order valence-corrected chi connectivity index (χ2v) is 10.3. The van der Waals surface area contributed by atoms with Crippen LogP contribution in [0.4, 0.5) is 0 Å². The van der Waals surface area contributed by atoms with Gasteiger partial charge in [0.05, 0.1) is 0 Å². The molecule has 0 aliphatic carbocycles. The van der Waals surface area contributed by atoms with E-state index in [1.54, 1.807) is 6.33 Å². The van der Waals surface area contributed by atoms with Crippen LogP contribution in [0.1, 0.15) is 79.1 Å². The molecule has 0 aromatic carbocycles. The molecule has 30 heavy (non-hydrogen) atoms. The molecule has 3 rings (SSSR count). The third kappa shape index (κ3) is 9.73. The summed E-state index contributed by atoms with van der Waals surface area (Å²) in [5.74, 6) is 0. The van der Waals surface area contributed by atoms with Gasteiger partial charge in [-0.1, -0.05) is 68.4 Å². The topological polar surface area (TPSA) is 51.6 Å². The summed E-state index contributed by atoms with van der Waals surface area (Å²) in [6.45, 7) is 19.5. The molecular formula is C26H38N4. The molecule has 0 bridgehead atoms. The number of nitrogens with zero attached hydrogens (tertiary/aromatic N) is 4. The second kappa shape index (κ2) is 11.0. The van der Waals surface area contributed by atoms with Crippen molar-refractivity contribution in [3.8, 4) is 0 Å². The molecule has 0 fully saturated rings. The first-order valence-electron chi connectivity index (χ1n) is 10.4. The summed E-state index contributed by atoms with van der Waals surface area (Å²) < 4.78 is 0. The SMILES string of the molecule is CC(C)(C)c1ccccn1.CC(C)(C)c1ccncc1.CC(C)(C)c1cncnc1. The van der Waals surface area contributed by atoms with Crippen molar-refractivity contribution in [3.05, 3.63) is 84.5 Å². The number of hydrogen-bond acceptors (Lipinski definition) is 4. The largest absolute Gasteiger partial charge is 0.265 e. The molecule has 0 aliphatic heterocycles. The summed E-state index contributed by atoms with van der Waals surface area (Å²) in [5.41, 5.74) is 4.26. The monoisotopic (exact) mass is 406 g/mol. The van der Waals surface area contributed by atoms with Gasteiger partial charge in [0, 0.05) is 42.1 Å². The predicted octanol–water partition coefficient (Wildman–Crippen LogP) is 6.53. The Balaban J connectivity index is 0.000000225. The minimum atomic E-state index is 0.168. The predicted molar refractivity (Wildman–Crippen MR) is 127 cm³/mol. The molecular weight excluding hydrogens is 368 g/mol. The zero-order valence-electron chi connectivity index (χ0n) is 20.1. The Kier molecular flexibility index (Phi) is 9.28. The van der Waals surface area contributed by atoms with Gasteiger partial charge >= 0.3 is 0 Å². The van der Waals surface area contributed by atoms with Gasteiger partial charge in [0.25, 0.3) is 0 Å². The van der Waals surface area contributed by atoms with Crippen molar-refractivity contribution in [2.45, 2.75) is 78.6 Å². The van der Waals surface area contributed by atoms with Gasteiger partial charge in [-0.2, -0.15) is 0 Å². The van der Waals surface area contributed by atoms with Crippen LogP contribution in [0.5, 0.6) is 0 Å². The van der Waals surface area contributed by atoms with E-state index in [0.29, 0.717) is 0 Å². The van der Waals surface area contributed by atoms with Gasteiger partial charge in [-0.05, 0) is 46.2 Å². The van der Waals surface area contributed by atoms with Crippen molar-refractivity contribution in [2.75, 3.05) is 0 Å².